The van der Waals surface area contributed by atoms with E-state index in [1.807, 2.05) is 18.2 Å². The number of para-hydroxylation sites is 1. The first-order valence-electron chi connectivity index (χ1n) is 6.84. The first kappa shape index (κ1) is 12.2. The lowest BCUT2D eigenvalue weighted by Crippen LogP contribution is -2.49. The Hall–Kier alpha value is -1.84. The molecule has 3 amide bonds. The summed E-state index contributed by atoms with van der Waals surface area (Å²) in [5.74, 6) is 0.553. The molecule has 2 aliphatic rings. The van der Waals surface area contributed by atoms with Gasteiger partial charge in [0.15, 0.2) is 0 Å². The highest BCUT2D eigenvalue weighted by molar-refractivity contribution is 6.23. The lowest BCUT2D eigenvalue weighted by molar-refractivity contribution is -0.123. The van der Waals surface area contributed by atoms with E-state index in [0.717, 1.165) is 25.7 Å². The summed E-state index contributed by atoms with van der Waals surface area (Å²) in [5, 5.41) is 2.93. The molecule has 19 heavy (non-hydrogen) atoms. The van der Waals surface area contributed by atoms with Crippen LogP contribution < -0.4 is 10.2 Å². The van der Waals surface area contributed by atoms with E-state index < -0.39 is 5.54 Å². The Kier molecular flexibility index (Phi) is 2.81. The van der Waals surface area contributed by atoms with Crippen molar-refractivity contribution in [3.05, 3.63) is 30.3 Å². The minimum atomic E-state index is -0.653. The number of urea groups is 1. The number of nitrogens with one attached hydrogen (secondary N) is 1. The van der Waals surface area contributed by atoms with Crippen LogP contribution in [0.4, 0.5) is 10.5 Å². The highest BCUT2D eigenvalue weighted by Crippen LogP contribution is 2.37. The van der Waals surface area contributed by atoms with Gasteiger partial charge in [-0.25, -0.2) is 9.69 Å². The monoisotopic (exact) mass is 258 g/mol. The maximum atomic E-state index is 12.6. The SMILES string of the molecule is CC1CCC2(CC1)NC(=O)N(c1ccccc1)C2=O. The van der Waals surface area contributed by atoms with Crippen LogP contribution in [0.3, 0.4) is 0 Å². The Morgan fingerprint density at radius 2 is 1.79 bits per heavy atom. The number of anilines is 1. The molecular formula is C15H18N2O2. The van der Waals surface area contributed by atoms with Crippen molar-refractivity contribution in [2.45, 2.75) is 38.1 Å². The summed E-state index contributed by atoms with van der Waals surface area (Å²) in [4.78, 5) is 26.1. The third kappa shape index (κ3) is 1.91. The van der Waals surface area contributed by atoms with Crippen molar-refractivity contribution in [3.63, 3.8) is 0 Å². The van der Waals surface area contributed by atoms with Crippen LogP contribution in [0.5, 0.6) is 0 Å². The van der Waals surface area contributed by atoms with Crippen molar-refractivity contribution < 1.29 is 9.59 Å². The zero-order chi connectivity index (χ0) is 13.5. The predicted octanol–water partition coefficient (Wildman–Crippen LogP) is 2.69. The molecule has 1 aliphatic carbocycles. The largest absolute Gasteiger partial charge is 0.329 e. The van der Waals surface area contributed by atoms with Gasteiger partial charge in [-0.15, -0.1) is 0 Å². The lowest BCUT2D eigenvalue weighted by Gasteiger charge is -2.33. The fraction of sp³-hybridized carbons (Fsp3) is 0.467. The van der Waals surface area contributed by atoms with E-state index in [1.54, 1.807) is 12.1 Å². The average Bonchev–Trinajstić information content (AvgIpc) is 2.66. The number of carbonyl (C=O) groups excluding carboxylic acids is 2. The smallest absolute Gasteiger partial charge is 0.323 e. The second-order valence-electron chi connectivity index (χ2n) is 5.67. The minimum absolute atomic E-state index is 0.0874. The van der Waals surface area contributed by atoms with Gasteiger partial charge >= 0.3 is 6.03 Å². The van der Waals surface area contributed by atoms with E-state index in [1.165, 1.54) is 4.90 Å². The van der Waals surface area contributed by atoms with E-state index >= 15 is 0 Å². The van der Waals surface area contributed by atoms with Gasteiger partial charge < -0.3 is 5.32 Å². The highest BCUT2D eigenvalue weighted by atomic mass is 16.2. The number of hydrogen-bond donors (Lipinski definition) is 1. The van der Waals surface area contributed by atoms with Gasteiger partial charge in [0.25, 0.3) is 5.91 Å². The van der Waals surface area contributed by atoms with Crippen LogP contribution in [0.1, 0.15) is 32.6 Å². The second kappa shape index (κ2) is 4.37. The average molecular weight is 258 g/mol. The molecule has 1 heterocycles. The first-order valence-corrected chi connectivity index (χ1v) is 6.84. The van der Waals surface area contributed by atoms with Crippen molar-refractivity contribution in [2.24, 2.45) is 5.92 Å². The molecule has 0 unspecified atom stereocenters. The van der Waals surface area contributed by atoms with E-state index in [-0.39, 0.29) is 11.9 Å². The molecule has 100 valence electrons. The maximum absolute atomic E-state index is 12.6. The highest BCUT2D eigenvalue weighted by Gasteiger charge is 2.52. The standard InChI is InChI=1S/C15H18N2O2/c1-11-7-9-15(10-8-11)13(18)17(14(19)16-15)12-5-3-2-4-6-12/h2-6,11H,7-10H2,1H3,(H,16,19). The first-order chi connectivity index (χ1) is 9.12. The number of carbonyl (C=O) groups is 2. The number of nitrogens with zero attached hydrogens (tertiary/aromatic N) is 1. The van der Waals surface area contributed by atoms with Gasteiger partial charge in [0.2, 0.25) is 0 Å². The summed E-state index contributed by atoms with van der Waals surface area (Å²) in [5.41, 5.74) is -0.000101. The van der Waals surface area contributed by atoms with Crippen LogP contribution in [-0.4, -0.2) is 17.5 Å². The van der Waals surface area contributed by atoms with E-state index in [2.05, 4.69) is 12.2 Å². The van der Waals surface area contributed by atoms with E-state index in [4.69, 9.17) is 0 Å². The lowest BCUT2D eigenvalue weighted by atomic mass is 9.77. The molecule has 0 atom stereocenters. The summed E-state index contributed by atoms with van der Waals surface area (Å²) in [6.07, 6.45) is 3.49. The molecule has 1 aromatic carbocycles. The fourth-order valence-corrected chi connectivity index (χ4v) is 3.03. The second-order valence-corrected chi connectivity index (χ2v) is 5.67. The Bertz CT molecular complexity index is 504. The Morgan fingerprint density at radius 1 is 1.16 bits per heavy atom. The predicted molar refractivity (Wildman–Crippen MR) is 72.8 cm³/mol. The van der Waals surface area contributed by atoms with Gasteiger partial charge in [0.1, 0.15) is 5.54 Å². The Morgan fingerprint density at radius 3 is 2.42 bits per heavy atom. The topological polar surface area (TPSA) is 49.4 Å². The van der Waals surface area contributed by atoms with Crippen molar-refractivity contribution in [1.29, 1.82) is 0 Å². The molecular weight excluding hydrogens is 240 g/mol. The normalized spacial score (nSPS) is 30.8. The van der Waals surface area contributed by atoms with Gasteiger partial charge in [-0.2, -0.15) is 0 Å². The molecule has 0 bridgehead atoms. The van der Waals surface area contributed by atoms with E-state index in [0.29, 0.717) is 11.6 Å². The van der Waals surface area contributed by atoms with Crippen LogP contribution in [0.25, 0.3) is 0 Å². The van der Waals surface area contributed by atoms with Crippen LogP contribution in [0.15, 0.2) is 30.3 Å². The molecule has 1 aromatic rings. The third-order valence-corrected chi connectivity index (χ3v) is 4.30. The number of rotatable bonds is 1. The van der Waals surface area contributed by atoms with Gasteiger partial charge in [-0.1, -0.05) is 25.1 Å². The number of benzene rings is 1. The third-order valence-electron chi connectivity index (χ3n) is 4.30. The zero-order valence-corrected chi connectivity index (χ0v) is 11.1. The van der Waals surface area contributed by atoms with E-state index in [9.17, 15) is 9.59 Å². The summed E-state index contributed by atoms with van der Waals surface area (Å²) in [6.45, 7) is 2.20. The summed E-state index contributed by atoms with van der Waals surface area (Å²) in [6, 6.07) is 8.85. The molecule has 1 saturated heterocycles. The van der Waals surface area contributed by atoms with Crippen LogP contribution >= 0.6 is 0 Å². The molecule has 0 radical (unpaired) electrons. The Labute approximate surface area is 112 Å². The molecule has 1 aliphatic heterocycles. The van der Waals surface area contributed by atoms with Gasteiger partial charge in [-0.05, 0) is 43.7 Å². The summed E-state index contributed by atoms with van der Waals surface area (Å²) < 4.78 is 0. The Balaban J connectivity index is 1.90. The molecule has 1 spiro atoms. The van der Waals surface area contributed by atoms with Crippen molar-refractivity contribution in [2.75, 3.05) is 4.90 Å². The molecule has 1 N–H and O–H groups in total. The molecule has 4 heteroatoms. The number of amides is 3. The fourth-order valence-electron chi connectivity index (χ4n) is 3.03. The molecule has 2 fully saturated rings. The van der Waals surface area contributed by atoms with Gasteiger partial charge in [0.05, 0.1) is 5.69 Å². The number of hydrogen-bond acceptors (Lipinski definition) is 2. The molecule has 0 aromatic heterocycles. The van der Waals surface area contributed by atoms with Crippen molar-refractivity contribution in [3.8, 4) is 0 Å². The number of imide groups is 1. The molecule has 1 saturated carbocycles. The molecule has 4 nitrogen and oxygen atoms in total. The maximum Gasteiger partial charge on any atom is 0.329 e. The van der Waals surface area contributed by atoms with Crippen molar-refractivity contribution in [1.82, 2.24) is 5.32 Å². The summed E-state index contributed by atoms with van der Waals surface area (Å²) in [7, 11) is 0. The van der Waals surface area contributed by atoms with Crippen molar-refractivity contribution >= 4 is 17.6 Å². The molecule has 3 rings (SSSR count). The van der Waals surface area contributed by atoms with Crippen LogP contribution in [0.2, 0.25) is 0 Å². The quantitative estimate of drug-likeness (QED) is 0.787. The van der Waals surface area contributed by atoms with Crippen LogP contribution in [0, 0.1) is 5.92 Å². The summed E-state index contributed by atoms with van der Waals surface area (Å²) >= 11 is 0. The van der Waals surface area contributed by atoms with Gasteiger partial charge in [0, 0.05) is 0 Å². The zero-order valence-electron chi connectivity index (χ0n) is 11.1. The minimum Gasteiger partial charge on any atom is -0.323 e. The van der Waals surface area contributed by atoms with Gasteiger partial charge in [-0.3, -0.25) is 4.79 Å². The van der Waals surface area contributed by atoms with Crippen LogP contribution in [-0.2, 0) is 4.79 Å².